The number of fused-ring (bicyclic) bond motifs is 8. The van der Waals surface area contributed by atoms with Crippen LogP contribution in [0.2, 0.25) is 0 Å². The molecule has 4 fully saturated rings. The second-order valence-corrected chi connectivity index (χ2v) is 13.2. The van der Waals surface area contributed by atoms with Gasteiger partial charge in [0.2, 0.25) is 5.91 Å². The molecule has 2 bridgehead atoms. The highest BCUT2D eigenvalue weighted by Crippen LogP contribution is 2.52. The summed E-state index contributed by atoms with van der Waals surface area (Å²) in [6, 6.07) is 7.17. The van der Waals surface area contributed by atoms with E-state index < -0.39 is 0 Å². The zero-order chi connectivity index (χ0) is 26.8. The molecule has 39 heavy (non-hydrogen) atoms. The molecule has 1 saturated carbocycles. The Balaban J connectivity index is 1.12. The first-order valence-electron chi connectivity index (χ1n) is 15.1. The van der Waals surface area contributed by atoms with Gasteiger partial charge >= 0.3 is 0 Å². The van der Waals surface area contributed by atoms with Crippen molar-refractivity contribution in [1.82, 2.24) is 30.9 Å². The van der Waals surface area contributed by atoms with Gasteiger partial charge in [-0.25, -0.2) is 0 Å². The van der Waals surface area contributed by atoms with Crippen molar-refractivity contribution >= 4 is 11.6 Å². The monoisotopic (exact) mass is 535 g/mol. The van der Waals surface area contributed by atoms with Crippen molar-refractivity contribution in [2.75, 3.05) is 38.6 Å². The van der Waals surface area contributed by atoms with Crippen LogP contribution in [-0.4, -0.2) is 84.4 Å². The minimum atomic E-state index is -0.259. The number of rotatable bonds is 2. The molecule has 0 aromatic heterocycles. The molecule has 1 aromatic rings. The summed E-state index contributed by atoms with van der Waals surface area (Å²) in [5.41, 5.74) is 4.24. The van der Waals surface area contributed by atoms with E-state index >= 15 is 0 Å². The van der Waals surface area contributed by atoms with Gasteiger partial charge in [0.1, 0.15) is 6.29 Å². The Morgan fingerprint density at radius 2 is 2.00 bits per heavy atom. The van der Waals surface area contributed by atoms with Crippen LogP contribution in [0.4, 0.5) is 5.69 Å². The van der Waals surface area contributed by atoms with Crippen LogP contribution in [0, 0.1) is 5.92 Å². The van der Waals surface area contributed by atoms with Gasteiger partial charge in [0.25, 0.3) is 0 Å². The van der Waals surface area contributed by atoms with Crippen molar-refractivity contribution in [2.24, 2.45) is 5.92 Å². The number of hydrogen-bond acceptors (Lipinski definition) is 8. The zero-order valence-corrected chi connectivity index (χ0v) is 23.7. The summed E-state index contributed by atoms with van der Waals surface area (Å²) in [5, 5.41) is 19.3. The fourth-order valence-electron chi connectivity index (χ4n) is 7.76. The molecular weight excluding hydrogens is 490 g/mol. The predicted molar refractivity (Wildman–Crippen MR) is 151 cm³/mol. The van der Waals surface area contributed by atoms with Gasteiger partial charge in [-0.2, -0.15) is 5.01 Å². The normalized spacial score (nSPS) is 36.7. The standard InChI is InChI=1S/C30H45N7O2/c1-29(2)24-8-7-9-25(33-24)37-26-22(27(38)36(37)14-5-4-6-15-39-29)17-31-28(34-26)32-21-10-11-23-20(16-21)18-35(3)19-30(23)12-13-30/h4-5,10-11,16,22,24-26,28,31-34H,6-9,12-15,17-19H2,1-3H3/b5-4-. The van der Waals surface area contributed by atoms with E-state index in [9.17, 15) is 4.79 Å². The van der Waals surface area contributed by atoms with E-state index in [1.807, 2.05) is 5.01 Å². The van der Waals surface area contributed by atoms with Gasteiger partial charge in [-0.1, -0.05) is 18.2 Å². The second kappa shape index (κ2) is 9.82. The first-order valence-corrected chi connectivity index (χ1v) is 15.1. The molecule has 9 heteroatoms. The lowest BCUT2D eigenvalue weighted by atomic mass is 9.87. The molecule has 4 N–H and O–H groups in total. The third-order valence-corrected chi connectivity index (χ3v) is 9.98. The molecule has 1 aromatic carbocycles. The summed E-state index contributed by atoms with van der Waals surface area (Å²) in [7, 11) is 2.24. The van der Waals surface area contributed by atoms with Crippen LogP contribution in [0.3, 0.4) is 0 Å². The average molecular weight is 536 g/mol. The van der Waals surface area contributed by atoms with Gasteiger partial charge in [0.05, 0.1) is 37.0 Å². The summed E-state index contributed by atoms with van der Waals surface area (Å²) < 4.78 is 6.32. The van der Waals surface area contributed by atoms with Crippen LogP contribution in [0.15, 0.2) is 30.4 Å². The maximum absolute atomic E-state index is 13.7. The highest BCUT2D eigenvalue weighted by atomic mass is 16.5. The Kier molecular flexibility index (Phi) is 6.53. The van der Waals surface area contributed by atoms with Crippen molar-refractivity contribution in [3.05, 3.63) is 41.5 Å². The number of hydrazine groups is 1. The van der Waals surface area contributed by atoms with Crippen LogP contribution in [-0.2, 0) is 21.5 Å². The molecule has 5 atom stereocenters. The molecule has 7 rings (SSSR count). The van der Waals surface area contributed by atoms with Crippen LogP contribution in [0.25, 0.3) is 0 Å². The maximum atomic E-state index is 13.7. The van der Waals surface area contributed by atoms with Crippen molar-refractivity contribution < 1.29 is 9.53 Å². The molecular formula is C30H45N7O2. The fraction of sp³-hybridized carbons (Fsp3) is 0.700. The molecule has 6 aliphatic rings. The highest BCUT2D eigenvalue weighted by molar-refractivity contribution is 5.82. The van der Waals surface area contributed by atoms with Crippen molar-refractivity contribution in [3.63, 3.8) is 0 Å². The summed E-state index contributed by atoms with van der Waals surface area (Å²) in [4.78, 5) is 16.2. The predicted octanol–water partition coefficient (Wildman–Crippen LogP) is 2.28. The maximum Gasteiger partial charge on any atom is 0.244 e. The quantitative estimate of drug-likeness (QED) is 0.430. The lowest BCUT2D eigenvalue weighted by Crippen LogP contribution is -2.69. The molecule has 5 aliphatic heterocycles. The molecule has 1 aliphatic carbocycles. The lowest BCUT2D eigenvalue weighted by molar-refractivity contribution is -0.147. The number of carbonyl (C=O) groups is 1. The number of likely N-dealkylation sites (N-methyl/N-ethyl adjacent to an activating group) is 1. The SMILES string of the molecule is CN1Cc2cc(NC3NCC4C(=O)N5C/C=C\CCOC(C)(C)C6CCCC(N6)N5C4N3)ccc2C2(CC2)C1. The molecule has 0 radical (unpaired) electrons. The number of piperidine rings is 1. The van der Waals surface area contributed by atoms with Crippen LogP contribution in [0.1, 0.15) is 63.5 Å². The Labute approximate surface area is 232 Å². The molecule has 1 amide bonds. The number of amides is 1. The number of benzene rings is 1. The molecule has 9 nitrogen and oxygen atoms in total. The van der Waals surface area contributed by atoms with Crippen LogP contribution < -0.4 is 21.3 Å². The molecule has 3 saturated heterocycles. The van der Waals surface area contributed by atoms with Crippen molar-refractivity contribution in [3.8, 4) is 0 Å². The van der Waals surface area contributed by atoms with Crippen LogP contribution >= 0.6 is 0 Å². The number of nitrogens with zero attached hydrogens (tertiary/aromatic N) is 3. The number of carbonyl (C=O) groups excluding carboxylic acids is 1. The minimum absolute atomic E-state index is 0.0774. The summed E-state index contributed by atoms with van der Waals surface area (Å²) in [6.07, 6.45) is 10.9. The van der Waals surface area contributed by atoms with Gasteiger partial charge in [-0.3, -0.25) is 25.8 Å². The molecule has 5 unspecified atom stereocenters. The minimum Gasteiger partial charge on any atom is -0.374 e. The second-order valence-electron chi connectivity index (χ2n) is 13.2. The lowest BCUT2D eigenvalue weighted by Gasteiger charge is -2.47. The third kappa shape index (κ3) is 4.71. The van der Waals surface area contributed by atoms with E-state index in [4.69, 9.17) is 4.74 Å². The Morgan fingerprint density at radius 3 is 2.85 bits per heavy atom. The van der Waals surface area contributed by atoms with Gasteiger partial charge in [0, 0.05) is 36.8 Å². The zero-order valence-electron chi connectivity index (χ0n) is 23.7. The number of anilines is 1. The molecule has 1 spiro atoms. The van der Waals surface area contributed by atoms with Gasteiger partial charge in [-0.05, 0) is 82.7 Å². The van der Waals surface area contributed by atoms with E-state index in [0.29, 0.717) is 25.1 Å². The molecule has 5 heterocycles. The fourth-order valence-corrected chi connectivity index (χ4v) is 7.76. The third-order valence-electron chi connectivity index (χ3n) is 9.98. The smallest absolute Gasteiger partial charge is 0.244 e. The van der Waals surface area contributed by atoms with Gasteiger partial charge in [0.15, 0.2) is 0 Å². The van der Waals surface area contributed by atoms with Gasteiger partial charge < -0.3 is 15.0 Å². The first kappa shape index (κ1) is 25.9. The van der Waals surface area contributed by atoms with E-state index in [1.165, 1.54) is 24.9 Å². The van der Waals surface area contributed by atoms with E-state index in [2.05, 4.69) is 82.4 Å². The van der Waals surface area contributed by atoms with Crippen molar-refractivity contribution in [2.45, 2.75) is 94.6 Å². The Morgan fingerprint density at radius 1 is 1.13 bits per heavy atom. The van der Waals surface area contributed by atoms with Crippen molar-refractivity contribution in [1.29, 1.82) is 0 Å². The highest BCUT2D eigenvalue weighted by Gasteiger charge is 2.53. The number of ether oxygens (including phenoxy) is 1. The number of nitrogens with one attached hydrogen (secondary N) is 4. The van der Waals surface area contributed by atoms with E-state index in [1.54, 1.807) is 5.56 Å². The topological polar surface area (TPSA) is 84.1 Å². The van der Waals surface area contributed by atoms with E-state index in [-0.39, 0.29) is 42.1 Å². The Bertz CT molecular complexity index is 1130. The molecule has 212 valence electrons. The Hall–Kier alpha value is -2.01. The summed E-state index contributed by atoms with van der Waals surface area (Å²) in [5.74, 6) is 0.0751. The van der Waals surface area contributed by atoms with E-state index in [0.717, 1.165) is 37.9 Å². The number of hydrogen-bond donors (Lipinski definition) is 4. The van der Waals surface area contributed by atoms with Crippen LogP contribution in [0.5, 0.6) is 0 Å². The summed E-state index contributed by atoms with van der Waals surface area (Å²) >= 11 is 0. The van der Waals surface area contributed by atoms with Gasteiger partial charge in [-0.15, -0.1) is 0 Å². The largest absolute Gasteiger partial charge is 0.374 e. The summed E-state index contributed by atoms with van der Waals surface area (Å²) in [6.45, 7) is 8.52. The average Bonchev–Trinajstić information content (AvgIpc) is 3.62. The first-order chi connectivity index (χ1) is 18.8.